The highest BCUT2D eigenvalue weighted by Gasteiger charge is 2.27. The van der Waals surface area contributed by atoms with Crippen LogP contribution >= 0.6 is 11.8 Å². The highest BCUT2D eigenvalue weighted by Crippen LogP contribution is 2.28. The summed E-state index contributed by atoms with van der Waals surface area (Å²) < 4.78 is 66.6. The van der Waals surface area contributed by atoms with Crippen LogP contribution in [0.25, 0.3) is 0 Å². The molecule has 0 aromatic carbocycles. The van der Waals surface area contributed by atoms with Crippen LogP contribution in [0.1, 0.15) is 17.1 Å². The molecular formula is C17H21F3N4O3S2. The number of alkyl halides is 3. The van der Waals surface area contributed by atoms with E-state index in [0.717, 1.165) is 5.69 Å². The monoisotopic (exact) mass is 450 g/mol. The molecule has 1 aliphatic rings. The van der Waals surface area contributed by atoms with Gasteiger partial charge in [0.25, 0.3) is 5.22 Å². The Balaban J connectivity index is 1.79. The molecule has 3 heterocycles. The SMILES string of the molecule is Cc1nc(SCc2cc(N3CCS(=O)(=O)CC3)cc(NCC(F)(F)F)n2)oc1C. The van der Waals surface area contributed by atoms with Crippen molar-refractivity contribution in [3.63, 3.8) is 0 Å². The number of nitrogens with zero attached hydrogens (tertiary/aromatic N) is 3. The zero-order chi connectivity index (χ0) is 21.2. The fraction of sp³-hybridized carbons (Fsp3) is 0.529. The van der Waals surface area contributed by atoms with Crippen LogP contribution in [-0.4, -0.2) is 55.7 Å². The molecule has 0 radical (unpaired) electrons. The quantitative estimate of drug-likeness (QED) is 0.672. The predicted molar refractivity (Wildman–Crippen MR) is 105 cm³/mol. The van der Waals surface area contributed by atoms with E-state index in [1.165, 1.54) is 17.8 Å². The minimum absolute atomic E-state index is 0.0135. The van der Waals surface area contributed by atoms with Crippen LogP contribution in [0.2, 0.25) is 0 Å². The van der Waals surface area contributed by atoms with E-state index in [-0.39, 0.29) is 30.4 Å². The Morgan fingerprint density at radius 1 is 1.21 bits per heavy atom. The molecular weight excluding hydrogens is 429 g/mol. The summed E-state index contributed by atoms with van der Waals surface area (Å²) in [6.07, 6.45) is -4.38. The maximum Gasteiger partial charge on any atom is 0.405 e. The molecule has 0 atom stereocenters. The maximum atomic E-state index is 12.6. The van der Waals surface area contributed by atoms with Gasteiger partial charge in [-0.3, -0.25) is 0 Å². The third-order valence-corrected chi connectivity index (χ3v) is 6.87. The van der Waals surface area contributed by atoms with E-state index in [4.69, 9.17) is 4.42 Å². The lowest BCUT2D eigenvalue weighted by Crippen LogP contribution is -2.40. The van der Waals surface area contributed by atoms with E-state index in [9.17, 15) is 21.6 Å². The van der Waals surface area contributed by atoms with Crippen molar-refractivity contribution in [3.8, 4) is 0 Å². The number of halogens is 3. The van der Waals surface area contributed by atoms with Gasteiger partial charge in [0.2, 0.25) is 0 Å². The van der Waals surface area contributed by atoms with Crippen molar-refractivity contribution in [1.82, 2.24) is 9.97 Å². The molecule has 0 spiro atoms. The smallest absolute Gasteiger partial charge is 0.405 e. The van der Waals surface area contributed by atoms with Crippen LogP contribution in [-0.2, 0) is 15.6 Å². The second-order valence-corrected chi connectivity index (χ2v) is 9.95. The molecule has 1 aliphatic heterocycles. The molecule has 0 amide bonds. The average molecular weight is 451 g/mol. The highest BCUT2D eigenvalue weighted by molar-refractivity contribution is 7.98. The largest absolute Gasteiger partial charge is 0.437 e. The first-order valence-electron chi connectivity index (χ1n) is 8.84. The Morgan fingerprint density at radius 3 is 2.48 bits per heavy atom. The van der Waals surface area contributed by atoms with Crippen LogP contribution in [0.3, 0.4) is 0 Å². The molecule has 2 aromatic heterocycles. The molecule has 0 bridgehead atoms. The fourth-order valence-electron chi connectivity index (χ4n) is 2.72. The van der Waals surface area contributed by atoms with Crippen molar-refractivity contribution in [1.29, 1.82) is 0 Å². The maximum absolute atomic E-state index is 12.6. The van der Waals surface area contributed by atoms with Crippen LogP contribution in [0.15, 0.2) is 21.8 Å². The molecule has 0 unspecified atom stereocenters. The lowest BCUT2D eigenvalue weighted by atomic mass is 10.2. The Hall–Kier alpha value is -1.95. The number of sulfone groups is 1. The molecule has 2 aromatic rings. The van der Waals surface area contributed by atoms with Gasteiger partial charge in [-0.15, -0.1) is 0 Å². The summed E-state index contributed by atoms with van der Waals surface area (Å²) in [5, 5.41) is 2.76. The minimum atomic E-state index is -4.38. The number of pyridine rings is 1. The number of hydrogen-bond donors (Lipinski definition) is 1. The summed E-state index contributed by atoms with van der Waals surface area (Å²) in [6.45, 7) is 2.99. The second-order valence-electron chi connectivity index (χ2n) is 6.72. The van der Waals surface area contributed by atoms with Crippen molar-refractivity contribution in [2.45, 2.75) is 31.0 Å². The topological polar surface area (TPSA) is 88.3 Å². The van der Waals surface area contributed by atoms with Gasteiger partial charge in [0.05, 0.1) is 22.9 Å². The van der Waals surface area contributed by atoms with Gasteiger partial charge in [0, 0.05) is 30.6 Å². The Labute approximate surface area is 171 Å². The first-order valence-corrected chi connectivity index (χ1v) is 11.7. The molecule has 0 saturated carbocycles. The molecule has 1 N–H and O–H groups in total. The number of rotatable bonds is 6. The Kier molecular flexibility index (Phi) is 6.32. The van der Waals surface area contributed by atoms with Gasteiger partial charge in [-0.05, 0) is 19.9 Å². The number of oxazole rings is 1. The van der Waals surface area contributed by atoms with Crippen LogP contribution in [0.4, 0.5) is 24.7 Å². The van der Waals surface area contributed by atoms with Crippen LogP contribution < -0.4 is 10.2 Å². The van der Waals surface area contributed by atoms with Gasteiger partial charge in [0.15, 0.2) is 9.84 Å². The van der Waals surface area contributed by atoms with Crippen molar-refractivity contribution >= 4 is 33.1 Å². The standard InChI is InChI=1S/C17H21F3N4O3S2/c1-11-12(2)27-16(22-11)28-9-13-7-14(24-3-5-29(25,26)6-4-24)8-15(23-13)21-10-17(18,19)20/h7-8H,3-6,9-10H2,1-2H3,(H,21,23). The van der Waals surface area contributed by atoms with Crippen molar-refractivity contribution < 1.29 is 26.0 Å². The first-order chi connectivity index (χ1) is 13.5. The van der Waals surface area contributed by atoms with Crippen LogP contribution in [0.5, 0.6) is 0 Å². The van der Waals surface area contributed by atoms with E-state index < -0.39 is 22.6 Å². The number of hydrogen-bond acceptors (Lipinski definition) is 8. The lowest BCUT2D eigenvalue weighted by Gasteiger charge is -2.29. The number of nitrogens with one attached hydrogen (secondary N) is 1. The third kappa shape index (κ3) is 6.26. The Bertz CT molecular complexity index is 943. The predicted octanol–water partition coefficient (Wildman–Crippen LogP) is 3.19. The van der Waals surface area contributed by atoms with Crippen molar-refractivity contribution in [3.05, 3.63) is 29.3 Å². The summed E-state index contributed by atoms with van der Waals surface area (Å²) in [4.78, 5) is 10.4. The zero-order valence-corrected chi connectivity index (χ0v) is 17.5. The number of thioether (sulfide) groups is 1. The van der Waals surface area contributed by atoms with Crippen LogP contribution in [0, 0.1) is 13.8 Å². The number of aryl methyl sites for hydroxylation is 2. The van der Waals surface area contributed by atoms with E-state index >= 15 is 0 Å². The average Bonchev–Trinajstić information content (AvgIpc) is 2.95. The lowest BCUT2D eigenvalue weighted by molar-refractivity contribution is -0.115. The van der Waals surface area contributed by atoms with Gasteiger partial charge in [-0.1, -0.05) is 11.8 Å². The van der Waals surface area contributed by atoms with Crippen molar-refractivity contribution in [2.24, 2.45) is 0 Å². The van der Waals surface area contributed by atoms with Gasteiger partial charge in [-0.2, -0.15) is 13.2 Å². The summed E-state index contributed by atoms with van der Waals surface area (Å²) >= 11 is 1.29. The summed E-state index contributed by atoms with van der Waals surface area (Å²) in [5.41, 5.74) is 1.95. The van der Waals surface area contributed by atoms with Gasteiger partial charge < -0.3 is 14.6 Å². The summed E-state index contributed by atoms with van der Waals surface area (Å²) in [6, 6.07) is 3.27. The number of anilines is 2. The van der Waals surface area contributed by atoms with E-state index in [1.54, 1.807) is 13.0 Å². The van der Waals surface area contributed by atoms with Gasteiger partial charge >= 0.3 is 6.18 Å². The number of aromatic nitrogens is 2. The van der Waals surface area contributed by atoms with E-state index in [0.29, 0.717) is 28.1 Å². The molecule has 1 fully saturated rings. The molecule has 3 rings (SSSR count). The van der Waals surface area contributed by atoms with Crippen molar-refractivity contribution in [2.75, 3.05) is 41.4 Å². The first kappa shape index (κ1) is 21.8. The molecule has 12 heteroatoms. The van der Waals surface area contributed by atoms with Gasteiger partial charge in [-0.25, -0.2) is 18.4 Å². The third-order valence-electron chi connectivity index (χ3n) is 4.40. The van der Waals surface area contributed by atoms with Gasteiger partial charge in [0.1, 0.15) is 18.1 Å². The fourth-order valence-corrected chi connectivity index (χ4v) is 4.73. The second kappa shape index (κ2) is 8.42. The molecule has 1 saturated heterocycles. The zero-order valence-electron chi connectivity index (χ0n) is 15.9. The minimum Gasteiger partial charge on any atom is -0.437 e. The molecule has 29 heavy (non-hydrogen) atoms. The molecule has 0 aliphatic carbocycles. The Morgan fingerprint density at radius 2 is 1.90 bits per heavy atom. The summed E-state index contributed by atoms with van der Waals surface area (Å²) in [5.74, 6) is 1.17. The summed E-state index contributed by atoms with van der Waals surface area (Å²) in [7, 11) is -3.07. The normalized spacial score (nSPS) is 16.8. The van der Waals surface area contributed by atoms with E-state index in [2.05, 4.69) is 15.3 Å². The molecule has 160 valence electrons. The van der Waals surface area contributed by atoms with E-state index in [1.807, 2.05) is 11.8 Å². The highest BCUT2D eigenvalue weighted by atomic mass is 32.2. The molecule has 7 nitrogen and oxygen atoms in total.